The number of hydrogen-bond acceptors (Lipinski definition) is 3. The number of aliphatic hydroxyl groups is 1. The summed E-state index contributed by atoms with van der Waals surface area (Å²) in [6.07, 6.45) is 0. The SMILES string of the molecule is Cc1ccc(Br)cc1S(=O)(=O)N1CC(O)(C(C)C)C1. The van der Waals surface area contributed by atoms with E-state index in [1.807, 2.05) is 19.9 Å². The van der Waals surface area contributed by atoms with Crippen molar-refractivity contribution in [3.8, 4) is 0 Å². The van der Waals surface area contributed by atoms with Crippen LogP contribution in [0.3, 0.4) is 0 Å². The molecular formula is C13H18BrNO3S. The highest BCUT2D eigenvalue weighted by Crippen LogP contribution is 2.34. The van der Waals surface area contributed by atoms with E-state index in [9.17, 15) is 13.5 Å². The first-order chi connectivity index (χ1) is 8.67. The first-order valence-corrected chi connectivity index (χ1v) is 8.39. The smallest absolute Gasteiger partial charge is 0.243 e. The highest BCUT2D eigenvalue weighted by molar-refractivity contribution is 9.10. The van der Waals surface area contributed by atoms with Gasteiger partial charge in [-0.05, 0) is 30.5 Å². The number of β-amino-alcohol motifs (C(OH)–C–C–N with tert-alkyl or cyclic N) is 1. The third kappa shape index (κ3) is 2.59. The van der Waals surface area contributed by atoms with Gasteiger partial charge in [-0.25, -0.2) is 8.42 Å². The Hall–Kier alpha value is -0.430. The number of aryl methyl sites for hydroxylation is 1. The first kappa shape index (κ1) is 15.0. The lowest BCUT2D eigenvalue weighted by atomic mass is 9.85. The van der Waals surface area contributed by atoms with E-state index in [4.69, 9.17) is 0 Å². The number of rotatable bonds is 3. The van der Waals surface area contributed by atoms with Gasteiger partial charge in [-0.15, -0.1) is 0 Å². The molecule has 6 heteroatoms. The molecule has 1 N–H and O–H groups in total. The molecule has 1 aliphatic rings. The normalized spacial score (nSPS) is 19.5. The highest BCUT2D eigenvalue weighted by Gasteiger charge is 2.49. The quantitative estimate of drug-likeness (QED) is 0.911. The monoisotopic (exact) mass is 347 g/mol. The van der Waals surface area contributed by atoms with E-state index in [-0.39, 0.29) is 19.0 Å². The molecule has 1 aromatic rings. The molecule has 1 fully saturated rings. The van der Waals surface area contributed by atoms with Crippen molar-refractivity contribution in [2.45, 2.75) is 31.3 Å². The maximum atomic E-state index is 12.5. The third-order valence-corrected chi connectivity index (χ3v) is 6.17. The van der Waals surface area contributed by atoms with Gasteiger partial charge in [-0.2, -0.15) is 4.31 Å². The van der Waals surface area contributed by atoms with Crippen molar-refractivity contribution in [3.05, 3.63) is 28.2 Å². The molecule has 0 saturated carbocycles. The Bertz CT molecular complexity index is 592. The topological polar surface area (TPSA) is 57.6 Å². The summed E-state index contributed by atoms with van der Waals surface area (Å²) in [5.74, 6) is 0.0440. The molecule has 0 aliphatic carbocycles. The van der Waals surface area contributed by atoms with Crippen LogP contribution in [0.2, 0.25) is 0 Å². The lowest BCUT2D eigenvalue weighted by Gasteiger charge is -2.48. The number of benzene rings is 1. The van der Waals surface area contributed by atoms with Crippen LogP contribution in [0.5, 0.6) is 0 Å². The van der Waals surface area contributed by atoms with Crippen molar-refractivity contribution in [3.63, 3.8) is 0 Å². The Morgan fingerprint density at radius 2 is 1.95 bits per heavy atom. The lowest BCUT2D eigenvalue weighted by molar-refractivity contribution is -0.0932. The van der Waals surface area contributed by atoms with Crippen molar-refractivity contribution < 1.29 is 13.5 Å². The summed E-state index contributed by atoms with van der Waals surface area (Å²) < 4.78 is 27.1. The zero-order valence-corrected chi connectivity index (χ0v) is 13.6. The van der Waals surface area contributed by atoms with Crippen LogP contribution in [-0.4, -0.2) is 36.5 Å². The second kappa shape index (κ2) is 4.84. The summed E-state index contributed by atoms with van der Waals surface area (Å²) in [5, 5.41) is 10.2. The summed E-state index contributed by atoms with van der Waals surface area (Å²) in [4.78, 5) is 0.299. The first-order valence-electron chi connectivity index (χ1n) is 6.15. The summed E-state index contributed by atoms with van der Waals surface area (Å²) in [5.41, 5.74) is -0.185. The second-order valence-electron chi connectivity index (χ2n) is 5.44. The van der Waals surface area contributed by atoms with Crippen LogP contribution >= 0.6 is 15.9 Å². The maximum Gasteiger partial charge on any atom is 0.243 e. The molecule has 0 atom stereocenters. The number of hydrogen-bond donors (Lipinski definition) is 1. The average Bonchev–Trinajstić information content (AvgIpc) is 2.27. The van der Waals surface area contributed by atoms with Crippen molar-refractivity contribution in [2.24, 2.45) is 5.92 Å². The Morgan fingerprint density at radius 1 is 1.37 bits per heavy atom. The molecule has 0 amide bonds. The van der Waals surface area contributed by atoms with Crippen LogP contribution in [0.1, 0.15) is 19.4 Å². The Morgan fingerprint density at radius 3 is 2.47 bits per heavy atom. The van der Waals surface area contributed by atoms with Gasteiger partial charge >= 0.3 is 0 Å². The van der Waals surface area contributed by atoms with Crippen molar-refractivity contribution in [2.75, 3.05) is 13.1 Å². The van der Waals surface area contributed by atoms with Gasteiger partial charge < -0.3 is 5.11 Å². The van der Waals surface area contributed by atoms with Crippen LogP contribution in [0, 0.1) is 12.8 Å². The highest BCUT2D eigenvalue weighted by atomic mass is 79.9. The number of halogens is 1. The molecular weight excluding hydrogens is 330 g/mol. The molecule has 1 heterocycles. The van der Waals surface area contributed by atoms with E-state index in [0.29, 0.717) is 10.5 Å². The van der Waals surface area contributed by atoms with E-state index in [2.05, 4.69) is 15.9 Å². The van der Waals surface area contributed by atoms with Gasteiger partial charge in [0.05, 0.1) is 10.5 Å². The number of sulfonamides is 1. The van der Waals surface area contributed by atoms with Crippen LogP contribution in [0.15, 0.2) is 27.6 Å². The van der Waals surface area contributed by atoms with Gasteiger partial charge in [0.2, 0.25) is 10.0 Å². The van der Waals surface area contributed by atoms with Gasteiger partial charge in [0.15, 0.2) is 0 Å². The summed E-state index contributed by atoms with van der Waals surface area (Å²) in [7, 11) is -3.52. The van der Waals surface area contributed by atoms with Gasteiger partial charge in [0, 0.05) is 17.6 Å². The molecule has 0 radical (unpaired) electrons. The molecule has 0 spiro atoms. The van der Waals surface area contributed by atoms with Crippen molar-refractivity contribution >= 4 is 26.0 Å². The van der Waals surface area contributed by atoms with E-state index < -0.39 is 15.6 Å². The van der Waals surface area contributed by atoms with E-state index >= 15 is 0 Å². The average molecular weight is 348 g/mol. The van der Waals surface area contributed by atoms with E-state index in [1.165, 1.54) is 4.31 Å². The lowest BCUT2D eigenvalue weighted by Crippen LogP contribution is -2.65. The van der Waals surface area contributed by atoms with Crippen LogP contribution in [0.4, 0.5) is 0 Å². The summed E-state index contributed by atoms with van der Waals surface area (Å²) in [6, 6.07) is 5.19. The second-order valence-corrected chi connectivity index (χ2v) is 8.26. The molecule has 106 valence electrons. The van der Waals surface area contributed by atoms with Crippen molar-refractivity contribution in [1.29, 1.82) is 0 Å². The van der Waals surface area contributed by atoms with Gasteiger partial charge in [-0.3, -0.25) is 0 Å². The Labute approximate surface area is 122 Å². The minimum Gasteiger partial charge on any atom is -0.387 e. The van der Waals surface area contributed by atoms with E-state index in [0.717, 1.165) is 4.47 Å². The fraction of sp³-hybridized carbons (Fsp3) is 0.538. The minimum atomic E-state index is -3.52. The molecule has 1 aromatic carbocycles. The predicted molar refractivity (Wildman–Crippen MR) is 77.4 cm³/mol. The van der Waals surface area contributed by atoms with Gasteiger partial charge in [-0.1, -0.05) is 35.8 Å². The molecule has 0 unspecified atom stereocenters. The Kier molecular flexibility index (Phi) is 3.81. The fourth-order valence-electron chi connectivity index (χ4n) is 2.09. The van der Waals surface area contributed by atoms with Gasteiger partial charge in [0.25, 0.3) is 0 Å². The molecule has 0 bridgehead atoms. The van der Waals surface area contributed by atoms with E-state index in [1.54, 1.807) is 19.1 Å². The largest absolute Gasteiger partial charge is 0.387 e. The molecule has 2 rings (SSSR count). The zero-order chi connectivity index (χ0) is 14.4. The molecule has 1 saturated heterocycles. The minimum absolute atomic E-state index is 0.0440. The Balaban J connectivity index is 2.29. The molecule has 0 aromatic heterocycles. The zero-order valence-electron chi connectivity index (χ0n) is 11.2. The van der Waals surface area contributed by atoms with Crippen molar-refractivity contribution in [1.82, 2.24) is 4.31 Å². The summed E-state index contributed by atoms with van der Waals surface area (Å²) in [6.45, 7) is 5.90. The predicted octanol–water partition coefficient (Wildman–Crippen LogP) is 2.15. The number of nitrogens with zero attached hydrogens (tertiary/aromatic N) is 1. The van der Waals surface area contributed by atoms with Crippen LogP contribution in [0.25, 0.3) is 0 Å². The molecule has 19 heavy (non-hydrogen) atoms. The van der Waals surface area contributed by atoms with Crippen LogP contribution in [-0.2, 0) is 10.0 Å². The molecule has 1 aliphatic heterocycles. The van der Waals surface area contributed by atoms with Crippen LogP contribution < -0.4 is 0 Å². The third-order valence-electron chi connectivity index (χ3n) is 3.74. The maximum absolute atomic E-state index is 12.5. The summed E-state index contributed by atoms with van der Waals surface area (Å²) >= 11 is 3.29. The molecule has 4 nitrogen and oxygen atoms in total. The standard InChI is InChI=1S/C13H18BrNO3S/c1-9(2)13(16)7-15(8-13)19(17,18)12-6-11(14)5-4-10(12)3/h4-6,9,16H,7-8H2,1-3H3. The fourth-order valence-corrected chi connectivity index (χ4v) is 4.42. The van der Waals surface area contributed by atoms with Gasteiger partial charge in [0.1, 0.15) is 0 Å².